The van der Waals surface area contributed by atoms with Gasteiger partial charge in [-0.15, -0.1) is 13.2 Å². The fourth-order valence-electron chi connectivity index (χ4n) is 1.01. The monoisotopic (exact) mass is 174 g/mol. The smallest absolute Gasteiger partial charge is 0.336 e. The van der Waals surface area contributed by atoms with E-state index in [9.17, 15) is 4.79 Å². The largest absolute Gasteiger partial charge is 0.423 e. The molecule has 0 saturated heterocycles. The Kier molecular flexibility index (Phi) is 3.03. The van der Waals surface area contributed by atoms with Crippen LogP contribution in [0.3, 0.4) is 0 Å². The number of para-hydroxylation sites is 1. The van der Waals surface area contributed by atoms with Crippen molar-refractivity contribution in [2.24, 2.45) is 0 Å². The van der Waals surface area contributed by atoms with Crippen LogP contribution in [-0.2, 0) is 0 Å². The summed E-state index contributed by atoms with van der Waals surface area (Å²) in [5, 5.41) is 0.951. The highest BCUT2D eigenvalue weighted by Gasteiger charge is 1.92. The van der Waals surface area contributed by atoms with E-state index in [-0.39, 0.29) is 5.63 Å². The minimum atomic E-state index is -0.302. The summed E-state index contributed by atoms with van der Waals surface area (Å²) in [6, 6.07) is 10.6. The lowest BCUT2D eigenvalue weighted by Gasteiger charge is -1.91. The summed E-state index contributed by atoms with van der Waals surface area (Å²) in [6.07, 6.45) is 0. The molecular weight excluding hydrogens is 164 g/mol. The Balaban J connectivity index is 0.000000396. The Hall–Kier alpha value is -1.83. The van der Waals surface area contributed by atoms with Crippen LogP contribution < -0.4 is 5.63 Å². The molecular formula is C11H10O2. The number of rotatable bonds is 0. The van der Waals surface area contributed by atoms with Gasteiger partial charge in [-0.3, -0.25) is 0 Å². The zero-order valence-electron chi connectivity index (χ0n) is 7.19. The third kappa shape index (κ3) is 2.06. The number of hydrogen-bond acceptors (Lipinski definition) is 2. The second kappa shape index (κ2) is 4.26. The maximum atomic E-state index is 10.7. The average molecular weight is 174 g/mol. The minimum Gasteiger partial charge on any atom is -0.423 e. The van der Waals surface area contributed by atoms with E-state index in [1.165, 1.54) is 6.07 Å². The first-order chi connectivity index (χ1) is 6.36. The van der Waals surface area contributed by atoms with Crippen LogP contribution in [0.15, 0.2) is 58.8 Å². The quantitative estimate of drug-likeness (QED) is 0.454. The van der Waals surface area contributed by atoms with Crippen molar-refractivity contribution in [3.63, 3.8) is 0 Å². The summed E-state index contributed by atoms with van der Waals surface area (Å²) in [5.74, 6) is 0. The van der Waals surface area contributed by atoms with Crippen molar-refractivity contribution < 1.29 is 4.42 Å². The molecule has 0 aliphatic heterocycles. The van der Waals surface area contributed by atoms with Crippen LogP contribution in [0.5, 0.6) is 0 Å². The average Bonchev–Trinajstić information content (AvgIpc) is 2.21. The van der Waals surface area contributed by atoms with Crippen LogP contribution in [-0.4, -0.2) is 0 Å². The van der Waals surface area contributed by atoms with Gasteiger partial charge in [0.15, 0.2) is 0 Å². The van der Waals surface area contributed by atoms with Crippen LogP contribution in [0.4, 0.5) is 0 Å². The van der Waals surface area contributed by atoms with Gasteiger partial charge in [-0.2, -0.15) is 0 Å². The summed E-state index contributed by atoms with van der Waals surface area (Å²) in [4.78, 5) is 10.7. The van der Waals surface area contributed by atoms with Crippen LogP contribution in [0.1, 0.15) is 0 Å². The highest BCUT2D eigenvalue weighted by molar-refractivity contribution is 5.75. The van der Waals surface area contributed by atoms with Crippen LogP contribution in [0.25, 0.3) is 11.0 Å². The van der Waals surface area contributed by atoms with E-state index < -0.39 is 0 Å². The molecule has 2 aromatic rings. The van der Waals surface area contributed by atoms with E-state index >= 15 is 0 Å². The van der Waals surface area contributed by atoms with Crippen molar-refractivity contribution in [1.82, 2.24) is 0 Å². The van der Waals surface area contributed by atoms with E-state index in [2.05, 4.69) is 13.2 Å². The van der Waals surface area contributed by atoms with E-state index in [0.717, 1.165) is 5.39 Å². The number of fused-ring (bicyclic) bond motifs is 1. The van der Waals surface area contributed by atoms with Gasteiger partial charge in [0.2, 0.25) is 0 Å². The van der Waals surface area contributed by atoms with Crippen LogP contribution >= 0.6 is 0 Å². The van der Waals surface area contributed by atoms with Crippen molar-refractivity contribution in [2.75, 3.05) is 0 Å². The molecule has 2 heteroatoms. The first-order valence-corrected chi connectivity index (χ1v) is 3.85. The maximum absolute atomic E-state index is 10.7. The Bertz CT molecular complexity index is 443. The molecule has 0 N–H and O–H groups in total. The van der Waals surface area contributed by atoms with Crippen molar-refractivity contribution in [3.05, 3.63) is 60.0 Å². The maximum Gasteiger partial charge on any atom is 0.336 e. The third-order valence-corrected chi connectivity index (χ3v) is 1.53. The van der Waals surface area contributed by atoms with E-state index in [0.29, 0.717) is 5.58 Å². The molecule has 0 fully saturated rings. The minimum absolute atomic E-state index is 0.302. The second-order valence-electron chi connectivity index (χ2n) is 2.29. The molecule has 1 heterocycles. The second-order valence-corrected chi connectivity index (χ2v) is 2.29. The summed E-state index contributed by atoms with van der Waals surface area (Å²) in [6.45, 7) is 6.00. The highest BCUT2D eigenvalue weighted by atomic mass is 16.4. The number of benzene rings is 1. The molecule has 0 saturated carbocycles. The molecule has 0 amide bonds. The topological polar surface area (TPSA) is 30.2 Å². The number of hydrogen-bond donors (Lipinski definition) is 0. The van der Waals surface area contributed by atoms with E-state index in [1.807, 2.05) is 18.2 Å². The molecule has 13 heavy (non-hydrogen) atoms. The van der Waals surface area contributed by atoms with Gasteiger partial charge in [-0.25, -0.2) is 4.79 Å². The molecule has 66 valence electrons. The highest BCUT2D eigenvalue weighted by Crippen LogP contribution is 2.08. The predicted molar refractivity (Wildman–Crippen MR) is 53.7 cm³/mol. The van der Waals surface area contributed by atoms with Gasteiger partial charge < -0.3 is 4.42 Å². The molecule has 0 unspecified atom stereocenters. The molecule has 0 spiro atoms. The van der Waals surface area contributed by atoms with Crippen molar-refractivity contribution in [2.45, 2.75) is 0 Å². The molecule has 0 bridgehead atoms. The molecule has 0 aliphatic rings. The van der Waals surface area contributed by atoms with E-state index in [4.69, 9.17) is 4.42 Å². The summed E-state index contributed by atoms with van der Waals surface area (Å²) >= 11 is 0. The zero-order chi connectivity index (χ0) is 9.68. The summed E-state index contributed by atoms with van der Waals surface area (Å²) in [5.41, 5.74) is 0.337. The van der Waals surface area contributed by atoms with Crippen molar-refractivity contribution >= 4 is 11.0 Å². The first kappa shape index (κ1) is 9.26. The Morgan fingerprint density at radius 1 is 1.00 bits per heavy atom. The molecule has 0 aliphatic carbocycles. The van der Waals surface area contributed by atoms with Gasteiger partial charge in [-0.05, 0) is 12.1 Å². The van der Waals surface area contributed by atoms with Gasteiger partial charge in [0.05, 0.1) is 0 Å². The SMILES string of the molecule is C=C.O=c1ccc2ccccc2o1. The summed E-state index contributed by atoms with van der Waals surface area (Å²) in [7, 11) is 0. The Labute approximate surface area is 76.1 Å². The molecule has 1 aromatic carbocycles. The summed E-state index contributed by atoms with van der Waals surface area (Å²) < 4.78 is 4.91. The molecule has 0 atom stereocenters. The molecule has 0 radical (unpaired) electrons. The van der Waals surface area contributed by atoms with Crippen molar-refractivity contribution in [3.8, 4) is 0 Å². The normalized spacial score (nSPS) is 8.92. The van der Waals surface area contributed by atoms with Gasteiger partial charge in [0, 0.05) is 11.5 Å². The molecule has 2 rings (SSSR count). The van der Waals surface area contributed by atoms with Crippen LogP contribution in [0, 0.1) is 0 Å². The lowest BCUT2D eigenvalue weighted by atomic mass is 10.2. The predicted octanol–water partition coefficient (Wildman–Crippen LogP) is 2.60. The lowest BCUT2D eigenvalue weighted by Crippen LogP contribution is -1.93. The van der Waals surface area contributed by atoms with Gasteiger partial charge in [0.25, 0.3) is 0 Å². The Morgan fingerprint density at radius 2 is 1.69 bits per heavy atom. The van der Waals surface area contributed by atoms with E-state index in [1.54, 1.807) is 12.1 Å². The fourth-order valence-corrected chi connectivity index (χ4v) is 1.01. The van der Waals surface area contributed by atoms with Gasteiger partial charge >= 0.3 is 5.63 Å². The molecule has 1 aromatic heterocycles. The fraction of sp³-hybridized carbons (Fsp3) is 0. The molecule has 2 nitrogen and oxygen atoms in total. The zero-order valence-corrected chi connectivity index (χ0v) is 7.19. The van der Waals surface area contributed by atoms with Crippen LogP contribution in [0.2, 0.25) is 0 Å². The third-order valence-electron chi connectivity index (χ3n) is 1.53. The Morgan fingerprint density at radius 3 is 2.46 bits per heavy atom. The standard InChI is InChI=1S/C9H6O2.C2H4/c10-9-6-5-7-3-1-2-4-8(7)11-9;1-2/h1-6H;1-2H2. The van der Waals surface area contributed by atoms with Crippen molar-refractivity contribution in [1.29, 1.82) is 0 Å². The first-order valence-electron chi connectivity index (χ1n) is 3.85. The van der Waals surface area contributed by atoms with Gasteiger partial charge in [0.1, 0.15) is 5.58 Å². The van der Waals surface area contributed by atoms with Gasteiger partial charge in [-0.1, -0.05) is 18.2 Å². The lowest BCUT2D eigenvalue weighted by molar-refractivity contribution is 0.561.